The minimum atomic E-state index is 0.615. The van der Waals surface area contributed by atoms with E-state index in [0.29, 0.717) is 5.76 Å². The highest BCUT2D eigenvalue weighted by atomic mass is 16.5. The quantitative estimate of drug-likeness (QED) is 0.223. The van der Waals surface area contributed by atoms with Crippen molar-refractivity contribution in [2.75, 3.05) is 4.90 Å². The van der Waals surface area contributed by atoms with Crippen molar-refractivity contribution in [2.24, 2.45) is 0 Å². The molecular formula is C36H23BN2O2. The summed E-state index contributed by atoms with van der Waals surface area (Å²) in [4.78, 5) is 5.95. The third-order valence-corrected chi connectivity index (χ3v) is 8.39. The van der Waals surface area contributed by atoms with Gasteiger partial charge in [0.2, 0.25) is 5.71 Å². The van der Waals surface area contributed by atoms with Crippen molar-refractivity contribution in [1.82, 2.24) is 4.98 Å². The lowest BCUT2D eigenvalue weighted by Crippen LogP contribution is -2.41. The Bertz CT molecular complexity index is 2300. The molecule has 4 nitrogen and oxygen atoms in total. The molecule has 1 N–H and O–H groups in total. The van der Waals surface area contributed by atoms with Crippen LogP contribution in [0.15, 0.2) is 132 Å². The van der Waals surface area contributed by atoms with E-state index in [2.05, 4.69) is 102 Å². The molecule has 0 amide bonds. The van der Waals surface area contributed by atoms with Gasteiger partial charge in [0.15, 0.2) is 13.0 Å². The van der Waals surface area contributed by atoms with Gasteiger partial charge in [-0.3, -0.25) is 0 Å². The van der Waals surface area contributed by atoms with Gasteiger partial charge in [-0.15, -0.1) is 0 Å². The fourth-order valence-corrected chi connectivity index (χ4v) is 6.69. The van der Waals surface area contributed by atoms with E-state index in [9.17, 15) is 0 Å². The largest absolute Gasteiger partial charge is 0.456 e. The van der Waals surface area contributed by atoms with Crippen LogP contribution in [-0.4, -0.2) is 12.3 Å². The molecule has 0 radical (unpaired) electrons. The van der Waals surface area contributed by atoms with E-state index in [1.165, 1.54) is 38.3 Å². The van der Waals surface area contributed by atoms with Crippen molar-refractivity contribution in [2.45, 2.75) is 0 Å². The van der Waals surface area contributed by atoms with Gasteiger partial charge in [-0.1, -0.05) is 90.9 Å². The monoisotopic (exact) mass is 526 g/mol. The summed E-state index contributed by atoms with van der Waals surface area (Å²) in [5.41, 5.74) is 9.90. The number of fused-ring (bicyclic) bond motifs is 9. The predicted octanol–water partition coefficient (Wildman–Crippen LogP) is 7.70. The molecule has 2 aliphatic heterocycles. The highest BCUT2D eigenvalue weighted by molar-refractivity contribution is 6.74. The summed E-state index contributed by atoms with van der Waals surface area (Å²) in [6.45, 7) is 4.09. The van der Waals surface area contributed by atoms with E-state index in [1.54, 1.807) is 0 Å². The zero-order valence-electron chi connectivity index (χ0n) is 22.1. The van der Waals surface area contributed by atoms with Crippen LogP contribution < -0.4 is 20.6 Å². The van der Waals surface area contributed by atoms with Crippen LogP contribution in [0.2, 0.25) is 0 Å². The molecule has 0 aliphatic carbocycles. The van der Waals surface area contributed by atoms with Crippen LogP contribution in [0.3, 0.4) is 0 Å². The Labute approximate surface area is 236 Å². The average molecular weight is 526 g/mol. The van der Waals surface area contributed by atoms with Crippen molar-refractivity contribution in [1.29, 1.82) is 0 Å². The molecule has 192 valence electrons. The predicted molar refractivity (Wildman–Crippen MR) is 172 cm³/mol. The molecule has 0 saturated heterocycles. The molecule has 2 aliphatic rings. The van der Waals surface area contributed by atoms with Crippen LogP contribution in [0.1, 0.15) is 0 Å². The van der Waals surface area contributed by atoms with Gasteiger partial charge < -0.3 is 19.0 Å². The number of hydrogen-bond acceptors (Lipinski definition) is 3. The van der Waals surface area contributed by atoms with Crippen LogP contribution in [0.5, 0.6) is 5.75 Å². The second-order valence-corrected chi connectivity index (χ2v) is 10.7. The molecule has 0 bridgehead atoms. The van der Waals surface area contributed by atoms with Crippen molar-refractivity contribution >= 4 is 73.3 Å². The first-order valence-corrected chi connectivity index (χ1v) is 13.8. The van der Waals surface area contributed by atoms with Gasteiger partial charge in [-0.2, -0.15) is 0 Å². The molecular weight excluding hydrogens is 503 g/mol. The molecule has 0 atom stereocenters. The Morgan fingerprint density at radius 3 is 2.54 bits per heavy atom. The molecule has 0 unspecified atom stereocenters. The molecule has 0 fully saturated rings. The number of benzene rings is 5. The normalized spacial score (nSPS) is 15.6. The summed E-state index contributed by atoms with van der Waals surface area (Å²) in [7, 11) is 0.780. The summed E-state index contributed by atoms with van der Waals surface area (Å²) in [5.74, 6) is 1.42. The van der Waals surface area contributed by atoms with E-state index >= 15 is 0 Å². The first-order valence-electron chi connectivity index (χ1n) is 13.8. The number of ether oxygens (including phenoxy) is 1. The number of para-hydroxylation sites is 3. The topological polar surface area (TPSA) is 41.4 Å². The van der Waals surface area contributed by atoms with Crippen molar-refractivity contribution in [3.05, 3.63) is 128 Å². The van der Waals surface area contributed by atoms with Gasteiger partial charge in [0.05, 0.1) is 16.6 Å². The molecule has 4 heterocycles. The van der Waals surface area contributed by atoms with Gasteiger partial charge in [0.1, 0.15) is 11.3 Å². The minimum Gasteiger partial charge on any atom is -0.456 e. The number of aromatic nitrogens is 1. The van der Waals surface area contributed by atoms with Crippen LogP contribution >= 0.6 is 0 Å². The number of allylic oxidation sites excluding steroid dienone is 3. The molecule has 5 heteroatoms. The number of nitrogens with zero attached hydrogens (tertiary/aromatic N) is 1. The van der Waals surface area contributed by atoms with Gasteiger partial charge >= 0.3 is 0 Å². The van der Waals surface area contributed by atoms with Crippen molar-refractivity contribution < 1.29 is 9.15 Å². The Kier molecular flexibility index (Phi) is 4.53. The second kappa shape index (κ2) is 8.29. The van der Waals surface area contributed by atoms with Gasteiger partial charge in [0.25, 0.3) is 0 Å². The van der Waals surface area contributed by atoms with Crippen LogP contribution in [0.4, 0.5) is 11.4 Å². The fourth-order valence-electron chi connectivity index (χ4n) is 6.69. The maximum absolute atomic E-state index is 6.26. The van der Waals surface area contributed by atoms with Gasteiger partial charge in [-0.25, -0.2) is 0 Å². The molecule has 2 aromatic heterocycles. The lowest BCUT2D eigenvalue weighted by Gasteiger charge is -2.34. The Morgan fingerprint density at radius 1 is 0.756 bits per heavy atom. The Hall–Kier alpha value is -5.42. The van der Waals surface area contributed by atoms with E-state index < -0.39 is 0 Å². The standard InChI is InChI=1S/C36H23BN2O2/c1-21-10-6-7-19-39-34-23-12-3-2-11-22(23)20-27(32(34)37-28-16-9-18-30(40-21)35(28)39)24-14-8-15-26-31-25-13-4-5-17-29(25)41-36(31)38-33(24)26/h2-20,37-38H,1H2/b10-6-,19-7-. The summed E-state index contributed by atoms with van der Waals surface area (Å²) in [5, 5.41) is 5.83. The lowest BCUT2D eigenvalue weighted by atomic mass is 9.57. The molecule has 9 rings (SSSR count). The molecule has 7 aromatic rings. The van der Waals surface area contributed by atoms with E-state index in [-0.39, 0.29) is 0 Å². The summed E-state index contributed by atoms with van der Waals surface area (Å²) in [6, 6.07) is 32.1. The molecule has 0 saturated carbocycles. The number of aromatic amines is 1. The van der Waals surface area contributed by atoms with E-state index in [0.717, 1.165) is 51.9 Å². The number of nitrogens with one attached hydrogen (secondary N) is 1. The maximum Gasteiger partial charge on any atom is 0.206 e. The number of furan rings is 1. The number of hydrogen-bond donors (Lipinski definition) is 1. The number of rotatable bonds is 1. The molecule has 0 spiro atoms. The highest BCUT2D eigenvalue weighted by Crippen LogP contribution is 2.43. The maximum atomic E-state index is 6.26. The number of anilines is 2. The average Bonchev–Trinajstić information content (AvgIpc) is 3.56. The van der Waals surface area contributed by atoms with Gasteiger partial charge in [0, 0.05) is 33.6 Å². The third-order valence-electron chi connectivity index (χ3n) is 8.39. The molecule has 41 heavy (non-hydrogen) atoms. The second-order valence-electron chi connectivity index (χ2n) is 10.7. The third kappa shape index (κ3) is 3.17. The highest BCUT2D eigenvalue weighted by Gasteiger charge is 2.30. The van der Waals surface area contributed by atoms with Gasteiger partial charge in [-0.05, 0) is 46.8 Å². The van der Waals surface area contributed by atoms with E-state index in [4.69, 9.17) is 9.15 Å². The zero-order chi connectivity index (χ0) is 27.1. The summed E-state index contributed by atoms with van der Waals surface area (Å²) in [6.07, 6.45) is 8.08. The summed E-state index contributed by atoms with van der Waals surface area (Å²) < 4.78 is 12.5. The SMILES string of the molecule is C=C1/C=C\C=C/N2c3c(cccc3O1)Bc1c(-c3cccc4c3[nH]c3oc5ccccc5c34)cc3ccccc3c12. The zero-order valence-corrected chi connectivity index (χ0v) is 22.1. The number of H-pyrrole nitrogens is 1. The van der Waals surface area contributed by atoms with Crippen molar-refractivity contribution in [3.8, 4) is 16.9 Å². The Morgan fingerprint density at radius 2 is 1.59 bits per heavy atom. The van der Waals surface area contributed by atoms with E-state index in [1.807, 2.05) is 30.4 Å². The van der Waals surface area contributed by atoms with Crippen LogP contribution in [-0.2, 0) is 0 Å². The van der Waals surface area contributed by atoms with Crippen LogP contribution in [0.25, 0.3) is 54.9 Å². The van der Waals surface area contributed by atoms with Crippen molar-refractivity contribution in [3.63, 3.8) is 0 Å². The first-order chi connectivity index (χ1) is 20.2. The minimum absolute atomic E-state index is 0.615. The lowest BCUT2D eigenvalue weighted by molar-refractivity contribution is 0.448. The first kappa shape index (κ1) is 22.4. The summed E-state index contributed by atoms with van der Waals surface area (Å²) >= 11 is 0. The Balaban J connectivity index is 1.37. The fraction of sp³-hybridized carbons (Fsp3) is 0. The molecule has 5 aromatic carbocycles. The van der Waals surface area contributed by atoms with Crippen LogP contribution in [0, 0.1) is 0 Å². The smallest absolute Gasteiger partial charge is 0.206 e.